The molecule has 0 aliphatic heterocycles. The van der Waals surface area contributed by atoms with Gasteiger partial charge in [-0.15, -0.1) is 0 Å². The minimum Gasteiger partial charge on any atom is -1.00 e. The summed E-state index contributed by atoms with van der Waals surface area (Å²) in [7, 11) is 1.78. The number of hydrogen-bond acceptors (Lipinski definition) is 1. The van der Waals surface area contributed by atoms with Crippen molar-refractivity contribution in [3.8, 4) is 17.4 Å². The third-order valence-electron chi connectivity index (χ3n) is 6.13. The fraction of sp³-hybridized carbons (Fsp3) is 0.464. The van der Waals surface area contributed by atoms with Crippen molar-refractivity contribution in [3.05, 3.63) is 71.0 Å². The van der Waals surface area contributed by atoms with Gasteiger partial charge in [0.05, 0.1) is 7.11 Å². The molecule has 0 radical (unpaired) electrons. The summed E-state index contributed by atoms with van der Waals surface area (Å²) in [5.74, 6) is 1.68. The van der Waals surface area contributed by atoms with Gasteiger partial charge < -0.3 is 17.1 Å². The molecular formula is C28H41ClN2OS. The van der Waals surface area contributed by atoms with Gasteiger partial charge in [-0.05, 0) is 23.7 Å². The SMILES string of the molecule is COc1n(-c2c(C(C)C)cccc2C(C)C)cc[n+]1-c1c(C(C)C)cccc1C(C)C.S.[Cl-]. The van der Waals surface area contributed by atoms with Gasteiger partial charge in [0.15, 0.2) is 0 Å². The molecule has 0 fully saturated rings. The zero-order chi connectivity index (χ0) is 22.9. The lowest BCUT2D eigenvalue weighted by atomic mass is 9.92. The molecule has 3 rings (SSSR count). The second-order valence-corrected chi connectivity index (χ2v) is 9.71. The monoisotopic (exact) mass is 488 g/mol. The van der Waals surface area contributed by atoms with Crippen LogP contribution >= 0.6 is 13.5 Å². The van der Waals surface area contributed by atoms with Crippen molar-refractivity contribution in [2.75, 3.05) is 7.11 Å². The molecule has 0 unspecified atom stereocenters. The standard InChI is InChI=1S/C28H39N2O.ClH.H2S/c1-18(2)22-12-10-13-23(19(3)4)26(22)29-16-17-30(28(29)31-9)27-24(20(5)6)14-11-15-25(27)21(7)8;;/h10-21H,1-9H3;1H;1H2/q+1;;/p-1. The maximum Gasteiger partial charge on any atom is 0.466 e. The van der Waals surface area contributed by atoms with Crippen LogP contribution in [0.25, 0.3) is 11.4 Å². The van der Waals surface area contributed by atoms with Crippen molar-refractivity contribution in [2.24, 2.45) is 0 Å². The van der Waals surface area contributed by atoms with Crippen LogP contribution < -0.4 is 21.7 Å². The number of aromatic nitrogens is 2. The Labute approximate surface area is 214 Å². The fourth-order valence-electron chi connectivity index (χ4n) is 4.49. The number of benzene rings is 2. The summed E-state index contributed by atoms with van der Waals surface area (Å²) in [5, 5.41) is 0. The topological polar surface area (TPSA) is 18.0 Å². The number of para-hydroxylation sites is 2. The van der Waals surface area contributed by atoms with E-state index >= 15 is 0 Å². The Morgan fingerprint density at radius 1 is 0.697 bits per heavy atom. The molecule has 0 aliphatic rings. The molecule has 0 atom stereocenters. The van der Waals surface area contributed by atoms with E-state index in [1.807, 2.05) is 0 Å². The highest BCUT2D eigenvalue weighted by Crippen LogP contribution is 2.34. The molecule has 0 saturated carbocycles. The van der Waals surface area contributed by atoms with Crippen LogP contribution in [0.4, 0.5) is 0 Å². The summed E-state index contributed by atoms with van der Waals surface area (Å²) in [6.07, 6.45) is 4.32. The molecule has 1 aromatic heterocycles. The predicted octanol–water partition coefficient (Wildman–Crippen LogP) is 4.37. The molecule has 1 heterocycles. The van der Waals surface area contributed by atoms with Gasteiger partial charge in [-0.1, -0.05) is 91.8 Å². The van der Waals surface area contributed by atoms with Crippen LogP contribution in [-0.4, -0.2) is 11.7 Å². The second kappa shape index (κ2) is 12.0. The Morgan fingerprint density at radius 3 is 1.45 bits per heavy atom. The predicted molar refractivity (Wildman–Crippen MR) is 141 cm³/mol. The zero-order valence-corrected chi connectivity index (χ0v) is 23.4. The molecule has 5 heteroatoms. The lowest BCUT2D eigenvalue weighted by molar-refractivity contribution is -0.603. The highest BCUT2D eigenvalue weighted by molar-refractivity contribution is 7.59. The van der Waals surface area contributed by atoms with Crippen LogP contribution in [0.2, 0.25) is 0 Å². The minimum absolute atomic E-state index is 0. The van der Waals surface area contributed by atoms with Crippen LogP contribution in [0.3, 0.4) is 0 Å². The zero-order valence-electron chi connectivity index (χ0n) is 21.6. The van der Waals surface area contributed by atoms with E-state index in [2.05, 4.69) is 113 Å². The molecule has 182 valence electrons. The lowest BCUT2D eigenvalue weighted by Crippen LogP contribution is -3.00. The molecule has 0 amide bonds. The summed E-state index contributed by atoms with van der Waals surface area (Å²) in [5.41, 5.74) is 7.86. The minimum atomic E-state index is 0. The molecule has 3 nitrogen and oxygen atoms in total. The first-order valence-electron chi connectivity index (χ1n) is 11.6. The Hall–Kier alpha value is -1.91. The van der Waals surface area contributed by atoms with Gasteiger partial charge in [-0.2, -0.15) is 22.6 Å². The molecule has 3 aromatic rings. The van der Waals surface area contributed by atoms with Gasteiger partial charge in [-0.25, -0.2) is 0 Å². The van der Waals surface area contributed by atoms with E-state index < -0.39 is 0 Å². The van der Waals surface area contributed by atoms with E-state index in [0.29, 0.717) is 23.7 Å². The third-order valence-corrected chi connectivity index (χ3v) is 6.13. The quantitative estimate of drug-likeness (QED) is 0.451. The number of halogens is 1. The number of ether oxygens (including phenoxy) is 1. The van der Waals surface area contributed by atoms with Crippen LogP contribution in [-0.2, 0) is 0 Å². The van der Waals surface area contributed by atoms with Crippen LogP contribution in [0, 0.1) is 0 Å². The first kappa shape index (κ1) is 29.1. The first-order valence-corrected chi connectivity index (χ1v) is 11.6. The van der Waals surface area contributed by atoms with Crippen LogP contribution in [0.5, 0.6) is 6.01 Å². The van der Waals surface area contributed by atoms with E-state index in [-0.39, 0.29) is 25.9 Å². The number of nitrogens with zero attached hydrogens (tertiary/aromatic N) is 2. The Balaban J connectivity index is 0.00000272. The highest BCUT2D eigenvalue weighted by Gasteiger charge is 2.30. The fourth-order valence-corrected chi connectivity index (χ4v) is 4.49. The average molecular weight is 489 g/mol. The van der Waals surface area contributed by atoms with E-state index in [1.54, 1.807) is 7.11 Å². The van der Waals surface area contributed by atoms with Gasteiger partial charge >= 0.3 is 6.01 Å². The summed E-state index contributed by atoms with van der Waals surface area (Å²) in [6, 6.07) is 14.2. The maximum atomic E-state index is 6.09. The van der Waals surface area contributed by atoms with Crippen LogP contribution in [0.1, 0.15) is 101 Å². The molecule has 33 heavy (non-hydrogen) atoms. The Kier molecular flexibility index (Phi) is 10.6. The van der Waals surface area contributed by atoms with Crippen molar-refractivity contribution in [3.63, 3.8) is 0 Å². The van der Waals surface area contributed by atoms with Crippen LogP contribution in [0.15, 0.2) is 48.8 Å². The van der Waals surface area contributed by atoms with Crippen molar-refractivity contribution < 1.29 is 21.7 Å². The lowest BCUT2D eigenvalue weighted by Gasteiger charge is -2.19. The van der Waals surface area contributed by atoms with Crippen molar-refractivity contribution in [1.29, 1.82) is 0 Å². The number of rotatable bonds is 7. The van der Waals surface area contributed by atoms with E-state index in [0.717, 1.165) is 6.01 Å². The third kappa shape index (κ3) is 5.60. The van der Waals surface area contributed by atoms with E-state index in [1.165, 1.54) is 33.6 Å². The molecular weight excluding hydrogens is 448 g/mol. The normalized spacial score (nSPS) is 11.2. The largest absolute Gasteiger partial charge is 1.00 e. The van der Waals surface area contributed by atoms with Crippen molar-refractivity contribution >= 4 is 13.5 Å². The maximum absolute atomic E-state index is 6.09. The van der Waals surface area contributed by atoms with E-state index in [9.17, 15) is 0 Å². The number of imidazole rings is 1. The number of methoxy groups -OCH3 is 1. The number of hydrogen-bond donors (Lipinski definition) is 0. The molecule has 2 aromatic carbocycles. The van der Waals surface area contributed by atoms with Gasteiger partial charge in [0.1, 0.15) is 23.8 Å². The molecule has 0 aliphatic carbocycles. The van der Waals surface area contributed by atoms with Gasteiger partial charge in [-0.3, -0.25) is 0 Å². The molecule has 0 bridgehead atoms. The highest BCUT2D eigenvalue weighted by atomic mass is 35.5. The Bertz CT molecular complexity index is 921. The summed E-state index contributed by atoms with van der Waals surface area (Å²) >= 11 is 0. The second-order valence-electron chi connectivity index (χ2n) is 9.71. The van der Waals surface area contributed by atoms with E-state index in [4.69, 9.17) is 4.74 Å². The van der Waals surface area contributed by atoms with Crippen molar-refractivity contribution in [2.45, 2.75) is 79.1 Å². The first-order chi connectivity index (χ1) is 14.7. The van der Waals surface area contributed by atoms with Crippen molar-refractivity contribution in [1.82, 2.24) is 4.57 Å². The smallest absolute Gasteiger partial charge is 0.466 e. The summed E-state index contributed by atoms with van der Waals surface area (Å²) < 4.78 is 10.6. The molecule has 0 saturated heterocycles. The molecule has 0 N–H and O–H groups in total. The summed E-state index contributed by atoms with van der Waals surface area (Å²) in [6.45, 7) is 18.1. The van der Waals surface area contributed by atoms with Gasteiger partial charge in [0.25, 0.3) is 0 Å². The average Bonchev–Trinajstić information content (AvgIpc) is 3.15. The Morgan fingerprint density at radius 2 is 1.09 bits per heavy atom. The molecule has 0 spiro atoms. The van der Waals surface area contributed by atoms with Gasteiger partial charge in [0.2, 0.25) is 0 Å². The summed E-state index contributed by atoms with van der Waals surface area (Å²) in [4.78, 5) is 0. The van der Waals surface area contributed by atoms with Gasteiger partial charge in [0, 0.05) is 22.3 Å².